The van der Waals surface area contributed by atoms with Gasteiger partial charge in [0.05, 0.1) is 0 Å². The molecule has 0 saturated carbocycles. The molecule has 0 aliphatic heterocycles. The molecule has 0 aliphatic rings. The van der Waals surface area contributed by atoms with Crippen molar-refractivity contribution < 1.29 is 18.3 Å². The summed E-state index contributed by atoms with van der Waals surface area (Å²) in [5, 5.41) is 9.51. The fraction of sp³-hybridized carbons (Fsp3) is 0.333. The SMILES string of the molecule is NCC(O)(c1cc(Cl)cc(Cl)c1)C(F)(F)F. The predicted octanol–water partition coefficient (Wildman–Crippen LogP) is 2.70. The van der Waals surface area contributed by atoms with Crippen molar-refractivity contribution in [3.63, 3.8) is 0 Å². The van der Waals surface area contributed by atoms with Crippen molar-refractivity contribution in [1.82, 2.24) is 0 Å². The molecule has 2 nitrogen and oxygen atoms in total. The van der Waals surface area contributed by atoms with Gasteiger partial charge in [-0.2, -0.15) is 13.2 Å². The Morgan fingerprint density at radius 2 is 1.56 bits per heavy atom. The molecule has 1 aromatic rings. The van der Waals surface area contributed by atoms with Gasteiger partial charge in [0, 0.05) is 16.6 Å². The molecule has 1 aromatic carbocycles. The van der Waals surface area contributed by atoms with Gasteiger partial charge in [-0.3, -0.25) is 0 Å². The van der Waals surface area contributed by atoms with Crippen LogP contribution in [-0.4, -0.2) is 17.8 Å². The molecule has 0 amide bonds. The van der Waals surface area contributed by atoms with Gasteiger partial charge in [-0.15, -0.1) is 0 Å². The van der Waals surface area contributed by atoms with Gasteiger partial charge in [-0.05, 0) is 23.8 Å². The lowest BCUT2D eigenvalue weighted by Gasteiger charge is -2.29. The summed E-state index contributed by atoms with van der Waals surface area (Å²) in [5.74, 6) is 0. The predicted molar refractivity (Wildman–Crippen MR) is 55.5 cm³/mol. The summed E-state index contributed by atoms with van der Waals surface area (Å²) in [4.78, 5) is 0. The quantitative estimate of drug-likeness (QED) is 0.871. The number of benzene rings is 1. The lowest BCUT2D eigenvalue weighted by atomic mass is 9.93. The van der Waals surface area contributed by atoms with Crippen LogP contribution in [0.15, 0.2) is 18.2 Å². The van der Waals surface area contributed by atoms with E-state index in [1.165, 1.54) is 6.07 Å². The lowest BCUT2D eigenvalue weighted by Crippen LogP contribution is -2.48. The lowest BCUT2D eigenvalue weighted by molar-refractivity contribution is -0.262. The van der Waals surface area contributed by atoms with Gasteiger partial charge in [-0.1, -0.05) is 23.2 Å². The Balaban J connectivity index is 3.34. The van der Waals surface area contributed by atoms with Crippen LogP contribution in [-0.2, 0) is 5.60 Å². The van der Waals surface area contributed by atoms with E-state index in [-0.39, 0.29) is 10.0 Å². The zero-order valence-electron chi connectivity index (χ0n) is 7.85. The zero-order chi connectivity index (χ0) is 12.6. The third kappa shape index (κ3) is 2.43. The first-order valence-electron chi connectivity index (χ1n) is 4.16. The second kappa shape index (κ2) is 4.41. The van der Waals surface area contributed by atoms with Crippen molar-refractivity contribution in [3.8, 4) is 0 Å². The Morgan fingerprint density at radius 3 is 1.88 bits per heavy atom. The highest BCUT2D eigenvalue weighted by atomic mass is 35.5. The van der Waals surface area contributed by atoms with Crippen LogP contribution in [0.1, 0.15) is 5.56 Å². The normalized spacial score (nSPS) is 15.9. The molecule has 0 fully saturated rings. The number of rotatable bonds is 2. The van der Waals surface area contributed by atoms with Gasteiger partial charge >= 0.3 is 6.18 Å². The molecular weight excluding hydrogens is 266 g/mol. The topological polar surface area (TPSA) is 46.2 Å². The Labute approximate surface area is 99.8 Å². The van der Waals surface area contributed by atoms with E-state index in [0.717, 1.165) is 12.1 Å². The average Bonchev–Trinajstić information content (AvgIpc) is 2.13. The largest absolute Gasteiger partial charge is 0.422 e. The third-order valence-electron chi connectivity index (χ3n) is 2.10. The van der Waals surface area contributed by atoms with Crippen molar-refractivity contribution in [2.45, 2.75) is 11.8 Å². The van der Waals surface area contributed by atoms with Crippen LogP contribution in [0.3, 0.4) is 0 Å². The first-order valence-corrected chi connectivity index (χ1v) is 4.92. The van der Waals surface area contributed by atoms with Gasteiger partial charge in [0.1, 0.15) is 0 Å². The van der Waals surface area contributed by atoms with E-state index in [1.807, 2.05) is 0 Å². The number of nitrogens with two attached hydrogens (primary N) is 1. The van der Waals surface area contributed by atoms with E-state index in [1.54, 1.807) is 0 Å². The van der Waals surface area contributed by atoms with Gasteiger partial charge in [0.15, 0.2) is 5.60 Å². The fourth-order valence-corrected chi connectivity index (χ4v) is 1.72. The molecule has 1 atom stereocenters. The summed E-state index contributed by atoms with van der Waals surface area (Å²) in [7, 11) is 0. The maximum atomic E-state index is 12.6. The van der Waals surface area contributed by atoms with Crippen molar-refractivity contribution >= 4 is 23.2 Å². The van der Waals surface area contributed by atoms with Crippen LogP contribution >= 0.6 is 23.2 Å². The molecule has 0 radical (unpaired) electrons. The Bertz CT molecular complexity index is 377. The van der Waals surface area contributed by atoms with Gasteiger partial charge in [0.25, 0.3) is 0 Å². The Hall–Kier alpha value is -0.490. The monoisotopic (exact) mass is 273 g/mol. The molecule has 16 heavy (non-hydrogen) atoms. The molecule has 90 valence electrons. The molecule has 1 rings (SSSR count). The maximum Gasteiger partial charge on any atom is 0.422 e. The van der Waals surface area contributed by atoms with Gasteiger partial charge in [0.2, 0.25) is 0 Å². The second-order valence-electron chi connectivity index (χ2n) is 3.22. The number of hydrogen-bond donors (Lipinski definition) is 2. The fourth-order valence-electron chi connectivity index (χ4n) is 1.19. The molecule has 0 heterocycles. The Morgan fingerprint density at radius 1 is 1.12 bits per heavy atom. The van der Waals surface area contributed by atoms with Crippen molar-refractivity contribution in [3.05, 3.63) is 33.8 Å². The van der Waals surface area contributed by atoms with Crippen LogP contribution in [0.5, 0.6) is 0 Å². The van der Waals surface area contributed by atoms with E-state index in [4.69, 9.17) is 28.9 Å². The number of halogens is 5. The van der Waals surface area contributed by atoms with Crippen molar-refractivity contribution in [2.75, 3.05) is 6.54 Å². The van der Waals surface area contributed by atoms with Crippen LogP contribution < -0.4 is 5.73 Å². The highest BCUT2D eigenvalue weighted by Crippen LogP contribution is 2.39. The smallest absolute Gasteiger partial charge is 0.375 e. The summed E-state index contributed by atoms with van der Waals surface area (Å²) in [6.07, 6.45) is -4.89. The number of aliphatic hydroxyl groups is 1. The van der Waals surface area contributed by atoms with E-state index in [0.29, 0.717) is 0 Å². The highest BCUT2D eigenvalue weighted by Gasteiger charge is 2.54. The van der Waals surface area contributed by atoms with Gasteiger partial charge < -0.3 is 10.8 Å². The van der Waals surface area contributed by atoms with E-state index in [2.05, 4.69) is 0 Å². The summed E-state index contributed by atoms with van der Waals surface area (Å²) >= 11 is 11.1. The standard InChI is InChI=1S/C9H8Cl2F3NO/c10-6-1-5(2-7(11)3-6)8(16,4-15)9(12,13)14/h1-3,16H,4,15H2. The first-order chi connectivity index (χ1) is 7.20. The molecule has 0 spiro atoms. The summed E-state index contributed by atoms with van der Waals surface area (Å²) < 4.78 is 37.9. The van der Waals surface area contributed by atoms with E-state index >= 15 is 0 Å². The molecule has 0 aliphatic carbocycles. The van der Waals surface area contributed by atoms with Gasteiger partial charge in [-0.25, -0.2) is 0 Å². The van der Waals surface area contributed by atoms with Crippen LogP contribution in [0.25, 0.3) is 0 Å². The minimum atomic E-state index is -4.89. The second-order valence-corrected chi connectivity index (χ2v) is 4.09. The number of alkyl halides is 3. The summed E-state index contributed by atoms with van der Waals surface area (Å²) in [6.45, 7) is -1.01. The van der Waals surface area contributed by atoms with E-state index in [9.17, 15) is 18.3 Å². The molecule has 7 heteroatoms. The van der Waals surface area contributed by atoms with Crippen LogP contribution in [0.2, 0.25) is 10.0 Å². The minimum absolute atomic E-state index is 0.00127. The third-order valence-corrected chi connectivity index (χ3v) is 2.54. The molecular formula is C9H8Cl2F3NO. The average molecular weight is 274 g/mol. The van der Waals surface area contributed by atoms with Crippen LogP contribution in [0, 0.1) is 0 Å². The Kier molecular flexibility index (Phi) is 3.74. The van der Waals surface area contributed by atoms with Crippen molar-refractivity contribution in [2.24, 2.45) is 5.73 Å². The molecule has 3 N–H and O–H groups in total. The summed E-state index contributed by atoms with van der Waals surface area (Å²) in [5.41, 5.74) is 1.36. The minimum Gasteiger partial charge on any atom is -0.375 e. The molecule has 0 bridgehead atoms. The maximum absolute atomic E-state index is 12.6. The highest BCUT2D eigenvalue weighted by molar-refractivity contribution is 6.34. The molecule has 0 aromatic heterocycles. The summed E-state index contributed by atoms with van der Waals surface area (Å²) in [6, 6.07) is 3.22. The first kappa shape index (κ1) is 13.6. The van der Waals surface area contributed by atoms with E-state index < -0.39 is 23.9 Å². The van der Waals surface area contributed by atoms with Crippen molar-refractivity contribution in [1.29, 1.82) is 0 Å². The number of hydrogen-bond acceptors (Lipinski definition) is 2. The molecule has 1 unspecified atom stereocenters. The molecule has 0 saturated heterocycles. The zero-order valence-corrected chi connectivity index (χ0v) is 9.37. The van der Waals surface area contributed by atoms with Crippen LogP contribution in [0.4, 0.5) is 13.2 Å².